The fraction of sp³-hybridized carbons (Fsp3) is 0.611. The van der Waals surface area contributed by atoms with Gasteiger partial charge < -0.3 is 19.5 Å². The van der Waals surface area contributed by atoms with Gasteiger partial charge in [-0.15, -0.1) is 0 Å². The first-order valence-electron chi connectivity index (χ1n) is 8.61. The molecule has 1 saturated heterocycles. The van der Waals surface area contributed by atoms with Crippen LogP contribution in [0.4, 0.5) is 0 Å². The predicted octanol–water partition coefficient (Wildman–Crippen LogP) is 2.21. The topological polar surface area (TPSA) is 89.0 Å². The molecule has 1 aliphatic carbocycles. The second-order valence-electron chi connectivity index (χ2n) is 6.97. The summed E-state index contributed by atoms with van der Waals surface area (Å²) in [5, 5.41) is 9.81. The first-order chi connectivity index (χ1) is 12.0. The Hall–Kier alpha value is -2.31. The van der Waals surface area contributed by atoms with Crippen molar-refractivity contribution in [3.05, 3.63) is 17.7 Å². The van der Waals surface area contributed by atoms with Crippen molar-refractivity contribution in [2.24, 2.45) is 11.3 Å². The van der Waals surface area contributed by atoms with Crippen LogP contribution in [0, 0.1) is 11.3 Å². The molecule has 0 bridgehead atoms. The van der Waals surface area contributed by atoms with Gasteiger partial charge in [-0.2, -0.15) is 4.98 Å². The maximum Gasteiger partial charge on any atom is 0.311 e. The second kappa shape index (κ2) is 6.90. The summed E-state index contributed by atoms with van der Waals surface area (Å²) in [6.07, 6.45) is 4.17. The van der Waals surface area contributed by atoms with E-state index in [1.54, 1.807) is 17.0 Å². The van der Waals surface area contributed by atoms with Crippen LogP contribution in [0.3, 0.4) is 0 Å². The molecule has 1 amide bonds. The molecular formula is C18H24N2O5. The van der Waals surface area contributed by atoms with E-state index in [1.165, 1.54) is 14.2 Å². The van der Waals surface area contributed by atoms with Crippen molar-refractivity contribution in [3.8, 4) is 11.8 Å². The van der Waals surface area contributed by atoms with Crippen LogP contribution in [0.1, 0.15) is 42.5 Å². The van der Waals surface area contributed by atoms with Crippen LogP contribution in [-0.4, -0.2) is 54.2 Å². The number of amides is 1. The molecule has 25 heavy (non-hydrogen) atoms. The molecule has 3 rings (SSSR count). The number of carbonyl (C=O) groups excluding carboxylic acids is 1. The zero-order valence-electron chi connectivity index (χ0n) is 14.7. The Balaban J connectivity index is 1.83. The lowest BCUT2D eigenvalue weighted by Crippen LogP contribution is -2.50. The van der Waals surface area contributed by atoms with E-state index in [0.29, 0.717) is 43.2 Å². The molecule has 1 aromatic heterocycles. The summed E-state index contributed by atoms with van der Waals surface area (Å²) in [5.74, 6) is 0.00638. The average molecular weight is 348 g/mol. The Morgan fingerprint density at radius 1 is 1.32 bits per heavy atom. The van der Waals surface area contributed by atoms with Gasteiger partial charge >= 0.3 is 5.97 Å². The standard InChI is InChI=1S/C18H24N2O5/c1-24-14-7-6-13(15(19-14)25-2)16(21)20-9-3-8-18(11-20,17(22)23)10-12-4-5-12/h6-7,12H,3-5,8-11H2,1-2H3,(H,22,23)/t18-/m0/s1. The minimum Gasteiger partial charge on any atom is -0.481 e. The first-order valence-corrected chi connectivity index (χ1v) is 8.61. The van der Waals surface area contributed by atoms with E-state index in [1.807, 2.05) is 0 Å². The number of aliphatic carboxylic acids is 1. The molecule has 1 aliphatic heterocycles. The lowest BCUT2D eigenvalue weighted by Gasteiger charge is -2.40. The van der Waals surface area contributed by atoms with Crippen LogP contribution >= 0.6 is 0 Å². The molecule has 0 aromatic carbocycles. The molecule has 2 aliphatic rings. The highest BCUT2D eigenvalue weighted by atomic mass is 16.5. The molecule has 2 heterocycles. The first kappa shape index (κ1) is 17.5. The van der Waals surface area contributed by atoms with E-state index >= 15 is 0 Å². The average Bonchev–Trinajstić information content (AvgIpc) is 3.44. The predicted molar refractivity (Wildman–Crippen MR) is 89.9 cm³/mol. The third kappa shape index (κ3) is 3.55. The third-order valence-corrected chi connectivity index (χ3v) is 5.16. The Morgan fingerprint density at radius 3 is 2.68 bits per heavy atom. The summed E-state index contributed by atoms with van der Waals surface area (Å²) in [4.78, 5) is 30.7. The number of pyridine rings is 1. The molecule has 1 N–H and O–H groups in total. The number of rotatable bonds is 6. The van der Waals surface area contributed by atoms with Gasteiger partial charge in [0.15, 0.2) is 0 Å². The number of methoxy groups -OCH3 is 2. The molecule has 1 aromatic rings. The SMILES string of the molecule is COc1ccc(C(=O)N2CCC[C@@](CC3CC3)(C(=O)O)C2)c(OC)n1. The van der Waals surface area contributed by atoms with E-state index in [-0.39, 0.29) is 18.3 Å². The minimum atomic E-state index is -0.831. The monoisotopic (exact) mass is 348 g/mol. The summed E-state index contributed by atoms with van der Waals surface area (Å²) in [6, 6.07) is 3.22. The maximum atomic E-state index is 13.0. The molecule has 1 atom stereocenters. The van der Waals surface area contributed by atoms with Crippen molar-refractivity contribution in [1.82, 2.24) is 9.88 Å². The molecular weight excluding hydrogens is 324 g/mol. The summed E-state index contributed by atoms with van der Waals surface area (Å²) in [7, 11) is 2.94. The van der Waals surface area contributed by atoms with Gasteiger partial charge in [-0.05, 0) is 31.2 Å². The van der Waals surface area contributed by atoms with Crippen LogP contribution in [0.15, 0.2) is 12.1 Å². The van der Waals surface area contributed by atoms with Crippen molar-refractivity contribution in [2.45, 2.75) is 32.1 Å². The highest BCUT2D eigenvalue weighted by Gasteiger charge is 2.47. The van der Waals surface area contributed by atoms with Crippen LogP contribution in [0.2, 0.25) is 0 Å². The highest BCUT2D eigenvalue weighted by Crippen LogP contribution is 2.45. The van der Waals surface area contributed by atoms with Gasteiger partial charge in [0.1, 0.15) is 5.56 Å². The van der Waals surface area contributed by atoms with E-state index in [2.05, 4.69) is 4.98 Å². The van der Waals surface area contributed by atoms with Gasteiger partial charge in [0.25, 0.3) is 5.91 Å². The highest BCUT2D eigenvalue weighted by molar-refractivity contribution is 5.97. The number of carboxylic acids is 1. The van der Waals surface area contributed by atoms with Crippen LogP contribution < -0.4 is 9.47 Å². The maximum absolute atomic E-state index is 13.0. The van der Waals surface area contributed by atoms with E-state index in [0.717, 1.165) is 12.8 Å². The van der Waals surface area contributed by atoms with Gasteiger partial charge in [0.05, 0.1) is 19.6 Å². The number of piperidine rings is 1. The number of carbonyl (C=O) groups is 2. The number of likely N-dealkylation sites (tertiary alicyclic amines) is 1. The van der Waals surface area contributed by atoms with Crippen molar-refractivity contribution in [3.63, 3.8) is 0 Å². The van der Waals surface area contributed by atoms with Gasteiger partial charge in [-0.3, -0.25) is 9.59 Å². The van der Waals surface area contributed by atoms with Gasteiger partial charge in [0.2, 0.25) is 11.8 Å². The number of hydrogen-bond acceptors (Lipinski definition) is 5. The number of ether oxygens (including phenoxy) is 2. The molecule has 0 unspecified atom stereocenters. The van der Waals surface area contributed by atoms with Gasteiger partial charge in [-0.25, -0.2) is 0 Å². The van der Waals surface area contributed by atoms with E-state index in [4.69, 9.17) is 9.47 Å². The number of nitrogens with zero attached hydrogens (tertiary/aromatic N) is 2. The normalized spacial score (nSPS) is 23.2. The van der Waals surface area contributed by atoms with Crippen molar-refractivity contribution in [2.75, 3.05) is 27.3 Å². The minimum absolute atomic E-state index is 0.193. The Morgan fingerprint density at radius 2 is 2.08 bits per heavy atom. The molecule has 0 spiro atoms. The van der Waals surface area contributed by atoms with E-state index < -0.39 is 11.4 Å². The summed E-state index contributed by atoms with van der Waals surface area (Å²) < 4.78 is 10.3. The molecule has 1 saturated carbocycles. The summed E-state index contributed by atoms with van der Waals surface area (Å²) >= 11 is 0. The molecule has 7 nitrogen and oxygen atoms in total. The quantitative estimate of drug-likeness (QED) is 0.848. The van der Waals surface area contributed by atoms with E-state index in [9.17, 15) is 14.7 Å². The largest absolute Gasteiger partial charge is 0.481 e. The molecule has 136 valence electrons. The van der Waals surface area contributed by atoms with Crippen molar-refractivity contribution >= 4 is 11.9 Å². The lowest BCUT2D eigenvalue weighted by molar-refractivity contribution is -0.152. The number of aromatic nitrogens is 1. The summed E-state index contributed by atoms with van der Waals surface area (Å²) in [6.45, 7) is 0.792. The van der Waals surface area contributed by atoms with Crippen molar-refractivity contribution < 1.29 is 24.2 Å². The Labute approximate surface area is 146 Å². The fourth-order valence-electron chi connectivity index (χ4n) is 3.63. The Kier molecular flexibility index (Phi) is 4.83. The number of carboxylic acid groups (broad SMARTS) is 1. The third-order valence-electron chi connectivity index (χ3n) is 5.16. The van der Waals surface area contributed by atoms with Gasteiger partial charge in [-0.1, -0.05) is 12.8 Å². The zero-order valence-corrected chi connectivity index (χ0v) is 14.7. The van der Waals surface area contributed by atoms with Crippen LogP contribution in [0.25, 0.3) is 0 Å². The summed E-state index contributed by atoms with van der Waals surface area (Å²) in [5.41, 5.74) is -0.502. The van der Waals surface area contributed by atoms with Gasteiger partial charge in [0, 0.05) is 19.2 Å². The number of hydrogen-bond donors (Lipinski definition) is 1. The van der Waals surface area contributed by atoms with Crippen LogP contribution in [-0.2, 0) is 4.79 Å². The Bertz CT molecular complexity index is 673. The van der Waals surface area contributed by atoms with Crippen molar-refractivity contribution in [1.29, 1.82) is 0 Å². The molecule has 2 fully saturated rings. The molecule has 0 radical (unpaired) electrons. The molecule has 7 heteroatoms. The second-order valence-corrected chi connectivity index (χ2v) is 6.97. The lowest BCUT2D eigenvalue weighted by atomic mass is 9.75. The van der Waals surface area contributed by atoms with Crippen LogP contribution in [0.5, 0.6) is 11.8 Å². The smallest absolute Gasteiger partial charge is 0.311 e. The zero-order chi connectivity index (χ0) is 18.0. The fourth-order valence-corrected chi connectivity index (χ4v) is 3.63.